The smallest absolute Gasteiger partial charge is 0.247 e. The average molecular weight is 469 g/mol. The lowest BCUT2D eigenvalue weighted by Gasteiger charge is -2.23. The Morgan fingerprint density at radius 2 is 1.52 bits per heavy atom. The summed E-state index contributed by atoms with van der Waals surface area (Å²) in [6.07, 6.45) is 0.654. The molecule has 0 aliphatic rings. The molecule has 1 N–H and O–H groups in total. The van der Waals surface area contributed by atoms with Crippen molar-refractivity contribution in [3.05, 3.63) is 90.0 Å². The normalized spacial score (nSPS) is 11.2. The van der Waals surface area contributed by atoms with E-state index in [4.69, 9.17) is 9.47 Å². The number of ether oxygens (including phenoxy) is 2. The molecule has 0 unspecified atom stereocenters. The number of methoxy groups -OCH3 is 2. The van der Waals surface area contributed by atoms with Gasteiger partial charge in [-0.05, 0) is 29.7 Å². The van der Waals surface area contributed by atoms with Gasteiger partial charge in [0.2, 0.25) is 15.9 Å². The first-order chi connectivity index (χ1) is 15.9. The minimum Gasteiger partial charge on any atom is -0.497 e. The average Bonchev–Trinajstić information content (AvgIpc) is 2.84. The highest BCUT2D eigenvalue weighted by molar-refractivity contribution is 7.89. The molecular formula is C25H28N2O5S. The van der Waals surface area contributed by atoms with Crippen molar-refractivity contribution in [2.75, 3.05) is 27.3 Å². The van der Waals surface area contributed by atoms with Gasteiger partial charge in [-0.25, -0.2) is 8.42 Å². The molecule has 3 rings (SSSR count). The molecule has 0 spiro atoms. The number of rotatable bonds is 11. The molecule has 0 saturated heterocycles. The fraction of sp³-hybridized carbons (Fsp3) is 0.240. The summed E-state index contributed by atoms with van der Waals surface area (Å²) in [4.78, 5) is 12.7. The first kappa shape index (κ1) is 24.3. The predicted octanol–water partition coefficient (Wildman–Crippen LogP) is 3.25. The quantitative estimate of drug-likeness (QED) is 0.467. The van der Waals surface area contributed by atoms with Gasteiger partial charge >= 0.3 is 0 Å². The highest BCUT2D eigenvalue weighted by Gasteiger charge is 2.30. The molecule has 0 bridgehead atoms. The highest BCUT2D eigenvalue weighted by Crippen LogP contribution is 2.31. The van der Waals surface area contributed by atoms with Gasteiger partial charge in [0.25, 0.3) is 0 Å². The van der Waals surface area contributed by atoms with Crippen LogP contribution in [-0.4, -0.2) is 45.9 Å². The zero-order chi connectivity index (χ0) is 23.7. The Balaban J connectivity index is 1.82. The Hall–Kier alpha value is -3.36. The zero-order valence-corrected chi connectivity index (χ0v) is 19.5. The van der Waals surface area contributed by atoms with Crippen molar-refractivity contribution >= 4 is 15.9 Å². The Morgan fingerprint density at radius 1 is 0.879 bits per heavy atom. The lowest BCUT2D eigenvalue weighted by molar-refractivity contribution is -0.121. The third kappa shape index (κ3) is 6.57. The number of nitrogens with zero attached hydrogens (tertiary/aromatic N) is 1. The van der Waals surface area contributed by atoms with Gasteiger partial charge in [0.1, 0.15) is 16.4 Å². The van der Waals surface area contributed by atoms with Crippen LogP contribution < -0.4 is 14.8 Å². The lowest BCUT2D eigenvalue weighted by atomic mass is 10.1. The van der Waals surface area contributed by atoms with Gasteiger partial charge in [-0.3, -0.25) is 4.79 Å². The topological polar surface area (TPSA) is 84.9 Å². The van der Waals surface area contributed by atoms with E-state index in [1.807, 2.05) is 60.7 Å². The van der Waals surface area contributed by atoms with E-state index in [-0.39, 0.29) is 29.6 Å². The van der Waals surface area contributed by atoms with Crippen LogP contribution >= 0.6 is 0 Å². The Kier molecular flexibility index (Phi) is 8.46. The summed E-state index contributed by atoms with van der Waals surface area (Å²) in [5.41, 5.74) is 1.85. The number of sulfonamides is 1. The number of hydrogen-bond acceptors (Lipinski definition) is 5. The number of amides is 1. The first-order valence-corrected chi connectivity index (χ1v) is 11.9. The highest BCUT2D eigenvalue weighted by atomic mass is 32.2. The van der Waals surface area contributed by atoms with E-state index in [0.717, 1.165) is 15.4 Å². The molecule has 0 aliphatic heterocycles. The lowest BCUT2D eigenvalue weighted by Crippen LogP contribution is -2.41. The van der Waals surface area contributed by atoms with Crippen LogP contribution in [0.15, 0.2) is 83.8 Å². The zero-order valence-electron chi connectivity index (χ0n) is 18.7. The first-order valence-electron chi connectivity index (χ1n) is 10.5. The number of benzene rings is 3. The number of carbonyl (C=O) groups is 1. The van der Waals surface area contributed by atoms with Crippen LogP contribution in [0.3, 0.4) is 0 Å². The van der Waals surface area contributed by atoms with Gasteiger partial charge in [-0.1, -0.05) is 60.7 Å². The maximum atomic E-state index is 13.6. The second kappa shape index (κ2) is 11.5. The van der Waals surface area contributed by atoms with E-state index >= 15 is 0 Å². The fourth-order valence-electron chi connectivity index (χ4n) is 3.34. The second-order valence-electron chi connectivity index (χ2n) is 7.36. The number of carbonyl (C=O) groups excluding carboxylic acids is 1. The van der Waals surface area contributed by atoms with Crippen LogP contribution in [0.5, 0.6) is 11.5 Å². The van der Waals surface area contributed by atoms with Crippen LogP contribution in [0.1, 0.15) is 11.1 Å². The van der Waals surface area contributed by atoms with E-state index in [9.17, 15) is 13.2 Å². The van der Waals surface area contributed by atoms with Crippen molar-refractivity contribution in [1.29, 1.82) is 0 Å². The van der Waals surface area contributed by atoms with Crippen molar-refractivity contribution in [3.8, 4) is 11.5 Å². The van der Waals surface area contributed by atoms with Crippen LogP contribution in [0, 0.1) is 0 Å². The van der Waals surface area contributed by atoms with Crippen molar-refractivity contribution in [1.82, 2.24) is 9.62 Å². The van der Waals surface area contributed by atoms with E-state index in [2.05, 4.69) is 5.32 Å². The van der Waals surface area contributed by atoms with Crippen LogP contribution in [0.2, 0.25) is 0 Å². The minimum atomic E-state index is -4.08. The third-order valence-corrected chi connectivity index (χ3v) is 6.90. The summed E-state index contributed by atoms with van der Waals surface area (Å²) in [7, 11) is -1.22. The second-order valence-corrected chi connectivity index (χ2v) is 9.27. The Labute approximate surface area is 195 Å². The third-order valence-electron chi connectivity index (χ3n) is 5.09. The number of nitrogens with one attached hydrogen (secondary N) is 1. The van der Waals surface area contributed by atoms with E-state index < -0.39 is 10.0 Å². The van der Waals surface area contributed by atoms with Crippen LogP contribution in [0.25, 0.3) is 0 Å². The van der Waals surface area contributed by atoms with E-state index in [1.165, 1.54) is 26.4 Å². The Morgan fingerprint density at radius 3 is 2.12 bits per heavy atom. The molecule has 0 fully saturated rings. The molecule has 8 heteroatoms. The van der Waals surface area contributed by atoms with Gasteiger partial charge in [0.15, 0.2) is 0 Å². The standard InChI is InChI=1S/C25H28N2O5S/c1-31-22-13-14-23(32-2)24(17-22)33(29,30)27(18-21-11-7-4-8-12-21)19-25(28)26-16-15-20-9-5-3-6-10-20/h3-14,17H,15-16,18-19H2,1-2H3,(H,26,28). The summed E-state index contributed by atoms with van der Waals surface area (Å²) in [5.74, 6) is 0.173. The molecule has 0 aromatic heterocycles. The summed E-state index contributed by atoms with van der Waals surface area (Å²) in [6.45, 7) is 0.118. The molecule has 3 aromatic rings. The van der Waals surface area contributed by atoms with Crippen molar-refractivity contribution in [2.45, 2.75) is 17.9 Å². The summed E-state index contributed by atoms with van der Waals surface area (Å²) in [6, 6.07) is 23.5. The molecule has 33 heavy (non-hydrogen) atoms. The molecule has 174 valence electrons. The molecule has 0 radical (unpaired) electrons. The minimum absolute atomic E-state index is 0.0373. The maximum Gasteiger partial charge on any atom is 0.247 e. The van der Waals surface area contributed by atoms with E-state index in [1.54, 1.807) is 6.07 Å². The Bertz CT molecular complexity index is 1150. The van der Waals surface area contributed by atoms with Crippen LogP contribution in [0.4, 0.5) is 0 Å². The molecule has 7 nitrogen and oxygen atoms in total. The molecule has 0 aliphatic carbocycles. The summed E-state index contributed by atoms with van der Waals surface area (Å²) in [5, 5.41) is 2.82. The van der Waals surface area contributed by atoms with Gasteiger partial charge in [-0.15, -0.1) is 0 Å². The van der Waals surface area contributed by atoms with Crippen LogP contribution in [-0.2, 0) is 27.8 Å². The van der Waals surface area contributed by atoms with Gasteiger partial charge in [0, 0.05) is 19.2 Å². The molecule has 0 heterocycles. The van der Waals surface area contributed by atoms with Gasteiger partial charge < -0.3 is 14.8 Å². The monoisotopic (exact) mass is 468 g/mol. The fourth-order valence-corrected chi connectivity index (χ4v) is 4.90. The molecule has 1 amide bonds. The molecule has 0 saturated carbocycles. The largest absolute Gasteiger partial charge is 0.497 e. The molecule has 0 atom stereocenters. The van der Waals surface area contributed by atoms with Crippen molar-refractivity contribution in [3.63, 3.8) is 0 Å². The maximum absolute atomic E-state index is 13.6. The van der Waals surface area contributed by atoms with Gasteiger partial charge in [-0.2, -0.15) is 4.31 Å². The predicted molar refractivity (Wildman–Crippen MR) is 127 cm³/mol. The number of hydrogen-bond donors (Lipinski definition) is 1. The summed E-state index contributed by atoms with van der Waals surface area (Å²) >= 11 is 0. The molecular weight excluding hydrogens is 440 g/mol. The SMILES string of the molecule is COc1ccc(OC)c(S(=O)(=O)N(CC(=O)NCCc2ccccc2)Cc2ccccc2)c1. The van der Waals surface area contributed by atoms with Crippen molar-refractivity contribution < 1.29 is 22.7 Å². The van der Waals surface area contributed by atoms with Gasteiger partial charge in [0.05, 0.1) is 20.8 Å². The summed E-state index contributed by atoms with van der Waals surface area (Å²) < 4.78 is 38.9. The van der Waals surface area contributed by atoms with Crippen molar-refractivity contribution in [2.24, 2.45) is 0 Å². The molecule has 3 aromatic carbocycles. The van der Waals surface area contributed by atoms with E-state index in [0.29, 0.717) is 18.7 Å².